The molecular formula is C23H20N4O3S. The quantitative estimate of drug-likeness (QED) is 0.361. The Kier molecular flexibility index (Phi) is 5.99. The Balaban J connectivity index is 1.51. The maximum absolute atomic E-state index is 12.6. The van der Waals surface area contributed by atoms with Gasteiger partial charge in [-0.3, -0.25) is 9.59 Å². The minimum absolute atomic E-state index is 0.122. The molecule has 2 amide bonds. The van der Waals surface area contributed by atoms with E-state index in [4.69, 9.17) is 4.42 Å². The summed E-state index contributed by atoms with van der Waals surface area (Å²) < 4.78 is 5.43. The van der Waals surface area contributed by atoms with Crippen molar-refractivity contribution < 1.29 is 14.0 Å². The lowest BCUT2D eigenvalue weighted by Crippen LogP contribution is -2.22. The third-order valence-electron chi connectivity index (χ3n) is 4.45. The summed E-state index contributed by atoms with van der Waals surface area (Å²) in [7, 11) is 3.38. The van der Waals surface area contributed by atoms with Crippen LogP contribution in [0.25, 0.3) is 22.5 Å². The highest BCUT2D eigenvalue weighted by molar-refractivity contribution is 8.00. The molecular weight excluding hydrogens is 412 g/mol. The number of rotatable bonds is 6. The average molecular weight is 433 g/mol. The Hall–Kier alpha value is -3.65. The van der Waals surface area contributed by atoms with E-state index < -0.39 is 0 Å². The number of nitrogens with one attached hydrogen (secondary N) is 1. The van der Waals surface area contributed by atoms with Gasteiger partial charge in [0.15, 0.2) is 11.6 Å². The van der Waals surface area contributed by atoms with E-state index in [0.29, 0.717) is 27.9 Å². The zero-order valence-corrected chi connectivity index (χ0v) is 17.8. The van der Waals surface area contributed by atoms with Crippen molar-refractivity contribution in [3.63, 3.8) is 0 Å². The summed E-state index contributed by atoms with van der Waals surface area (Å²) in [5.41, 5.74) is 1.86. The number of furan rings is 1. The van der Waals surface area contributed by atoms with Crippen molar-refractivity contribution >= 4 is 40.2 Å². The van der Waals surface area contributed by atoms with Gasteiger partial charge in [0.2, 0.25) is 5.91 Å². The number of thioether (sulfide) groups is 1. The standard InChI is InChI=1S/C23H20N4O3S/c1-27(2)23(29)15-7-5-8-16(13-15)24-20(28)14-31-22-17-9-3-4-10-18(17)25-21(26-22)19-11-6-12-30-19/h3-13H,14H2,1-2H3,(H,24,28). The number of aromatic nitrogens is 2. The van der Waals surface area contributed by atoms with E-state index in [-0.39, 0.29) is 17.6 Å². The van der Waals surface area contributed by atoms with E-state index in [1.54, 1.807) is 56.8 Å². The fraction of sp³-hybridized carbons (Fsp3) is 0.130. The van der Waals surface area contributed by atoms with Crippen molar-refractivity contribution in [1.82, 2.24) is 14.9 Å². The minimum atomic E-state index is -0.193. The fourth-order valence-corrected chi connectivity index (χ4v) is 3.81. The van der Waals surface area contributed by atoms with Gasteiger partial charge in [-0.05, 0) is 36.4 Å². The fourth-order valence-electron chi connectivity index (χ4n) is 2.99. The molecule has 0 spiro atoms. The predicted molar refractivity (Wildman–Crippen MR) is 121 cm³/mol. The second-order valence-corrected chi connectivity index (χ2v) is 7.93. The molecule has 7 nitrogen and oxygen atoms in total. The first-order valence-electron chi connectivity index (χ1n) is 9.56. The van der Waals surface area contributed by atoms with Crippen LogP contribution in [0.2, 0.25) is 0 Å². The second kappa shape index (κ2) is 9.01. The number of anilines is 1. The number of amides is 2. The van der Waals surface area contributed by atoms with Gasteiger partial charge in [0, 0.05) is 30.7 Å². The Morgan fingerprint density at radius 3 is 2.65 bits per heavy atom. The number of carbonyl (C=O) groups is 2. The van der Waals surface area contributed by atoms with Crippen LogP contribution in [-0.2, 0) is 4.79 Å². The van der Waals surface area contributed by atoms with Gasteiger partial charge < -0.3 is 14.6 Å². The molecule has 4 rings (SSSR count). The van der Waals surface area contributed by atoms with Crippen LogP contribution >= 0.6 is 11.8 Å². The van der Waals surface area contributed by atoms with E-state index >= 15 is 0 Å². The molecule has 0 saturated carbocycles. The number of carbonyl (C=O) groups excluding carboxylic acids is 2. The molecule has 0 saturated heterocycles. The molecule has 31 heavy (non-hydrogen) atoms. The van der Waals surface area contributed by atoms with Gasteiger partial charge in [0.1, 0.15) is 5.03 Å². The monoisotopic (exact) mass is 432 g/mol. The Morgan fingerprint density at radius 2 is 1.87 bits per heavy atom. The first kappa shape index (κ1) is 20.6. The van der Waals surface area contributed by atoms with Gasteiger partial charge in [-0.25, -0.2) is 9.97 Å². The van der Waals surface area contributed by atoms with Gasteiger partial charge in [-0.2, -0.15) is 0 Å². The van der Waals surface area contributed by atoms with Crippen LogP contribution < -0.4 is 5.32 Å². The number of nitrogens with zero attached hydrogens (tertiary/aromatic N) is 3. The summed E-state index contributed by atoms with van der Waals surface area (Å²) in [6.07, 6.45) is 1.57. The molecule has 4 aromatic rings. The van der Waals surface area contributed by atoms with Crippen molar-refractivity contribution in [2.45, 2.75) is 5.03 Å². The first-order chi connectivity index (χ1) is 15.0. The van der Waals surface area contributed by atoms with Gasteiger partial charge in [-0.1, -0.05) is 36.0 Å². The molecule has 0 fully saturated rings. The zero-order valence-electron chi connectivity index (χ0n) is 17.0. The summed E-state index contributed by atoms with van der Waals surface area (Å²) >= 11 is 1.32. The zero-order chi connectivity index (χ0) is 21.8. The lowest BCUT2D eigenvalue weighted by atomic mass is 10.2. The van der Waals surface area contributed by atoms with Crippen LogP contribution in [0.15, 0.2) is 76.4 Å². The van der Waals surface area contributed by atoms with Gasteiger partial charge in [0.25, 0.3) is 5.91 Å². The normalized spacial score (nSPS) is 10.8. The van der Waals surface area contributed by atoms with E-state index in [2.05, 4.69) is 15.3 Å². The van der Waals surface area contributed by atoms with Crippen LogP contribution in [-0.4, -0.2) is 46.5 Å². The van der Waals surface area contributed by atoms with E-state index in [0.717, 1.165) is 10.9 Å². The average Bonchev–Trinajstić information content (AvgIpc) is 3.32. The third kappa shape index (κ3) is 4.75. The topological polar surface area (TPSA) is 88.3 Å². The molecule has 0 aliphatic carbocycles. The molecule has 8 heteroatoms. The summed E-state index contributed by atoms with van der Waals surface area (Å²) in [4.78, 5) is 35.4. The van der Waals surface area contributed by atoms with Crippen LogP contribution in [0.5, 0.6) is 0 Å². The molecule has 0 aliphatic heterocycles. The molecule has 0 bridgehead atoms. The maximum atomic E-state index is 12.6. The van der Waals surface area contributed by atoms with Gasteiger partial charge >= 0.3 is 0 Å². The Bertz CT molecular complexity index is 1240. The minimum Gasteiger partial charge on any atom is -0.461 e. The van der Waals surface area contributed by atoms with E-state index in [9.17, 15) is 9.59 Å². The van der Waals surface area contributed by atoms with Crippen LogP contribution in [0.1, 0.15) is 10.4 Å². The summed E-state index contributed by atoms with van der Waals surface area (Å²) in [6, 6.07) is 18.1. The van der Waals surface area contributed by atoms with Crippen molar-refractivity contribution in [3.05, 3.63) is 72.5 Å². The number of benzene rings is 2. The molecule has 1 N–H and O–H groups in total. The number of hydrogen-bond donors (Lipinski definition) is 1. The Labute approximate surface area is 183 Å². The van der Waals surface area contributed by atoms with Crippen molar-refractivity contribution in [2.24, 2.45) is 0 Å². The lowest BCUT2D eigenvalue weighted by Gasteiger charge is -2.12. The van der Waals surface area contributed by atoms with Crippen molar-refractivity contribution in [2.75, 3.05) is 25.2 Å². The van der Waals surface area contributed by atoms with Gasteiger partial charge in [0.05, 0.1) is 17.5 Å². The van der Waals surface area contributed by atoms with E-state index in [1.165, 1.54) is 16.7 Å². The lowest BCUT2D eigenvalue weighted by molar-refractivity contribution is -0.113. The number of hydrogen-bond acceptors (Lipinski definition) is 6. The van der Waals surface area contributed by atoms with Crippen LogP contribution in [0, 0.1) is 0 Å². The molecule has 2 heterocycles. The van der Waals surface area contributed by atoms with Crippen molar-refractivity contribution in [3.8, 4) is 11.6 Å². The molecule has 2 aromatic carbocycles. The molecule has 0 atom stereocenters. The highest BCUT2D eigenvalue weighted by Gasteiger charge is 2.14. The van der Waals surface area contributed by atoms with Crippen molar-refractivity contribution in [1.29, 1.82) is 0 Å². The predicted octanol–water partition coefficient (Wildman–Crippen LogP) is 4.32. The summed E-state index contributed by atoms with van der Waals surface area (Å²) in [5, 5.41) is 4.41. The second-order valence-electron chi connectivity index (χ2n) is 6.96. The number of para-hydroxylation sites is 1. The largest absolute Gasteiger partial charge is 0.461 e. The molecule has 2 aromatic heterocycles. The molecule has 0 radical (unpaired) electrons. The Morgan fingerprint density at radius 1 is 1.03 bits per heavy atom. The molecule has 0 unspecified atom stereocenters. The number of fused-ring (bicyclic) bond motifs is 1. The summed E-state index contributed by atoms with van der Waals surface area (Å²) in [6.45, 7) is 0. The molecule has 156 valence electrons. The highest BCUT2D eigenvalue weighted by Crippen LogP contribution is 2.28. The smallest absolute Gasteiger partial charge is 0.253 e. The summed E-state index contributed by atoms with van der Waals surface area (Å²) in [5.74, 6) is 0.885. The molecule has 0 aliphatic rings. The van der Waals surface area contributed by atoms with Crippen LogP contribution in [0.3, 0.4) is 0 Å². The first-order valence-corrected chi connectivity index (χ1v) is 10.5. The van der Waals surface area contributed by atoms with Crippen LogP contribution in [0.4, 0.5) is 5.69 Å². The SMILES string of the molecule is CN(C)C(=O)c1cccc(NC(=O)CSc2nc(-c3ccco3)nc3ccccc23)c1. The highest BCUT2D eigenvalue weighted by atomic mass is 32.2. The van der Waals surface area contributed by atoms with E-state index in [1.807, 2.05) is 24.3 Å². The maximum Gasteiger partial charge on any atom is 0.253 e. The third-order valence-corrected chi connectivity index (χ3v) is 5.44. The van der Waals surface area contributed by atoms with Gasteiger partial charge in [-0.15, -0.1) is 0 Å².